The molecule has 1 atom stereocenters. The van der Waals surface area contributed by atoms with Crippen molar-refractivity contribution in [3.63, 3.8) is 0 Å². The van der Waals surface area contributed by atoms with Crippen LogP contribution in [0.25, 0.3) is 0 Å². The first-order valence-corrected chi connectivity index (χ1v) is 13.3. The number of carboxylic acids is 1. The van der Waals surface area contributed by atoms with E-state index in [2.05, 4.69) is 0 Å². The van der Waals surface area contributed by atoms with Crippen LogP contribution < -0.4 is 0 Å². The highest BCUT2D eigenvalue weighted by molar-refractivity contribution is 6.12. The third-order valence-electron chi connectivity index (χ3n) is 5.78. The molecule has 0 aromatic heterocycles. The monoisotopic (exact) mass is 599 g/mol. The Kier molecular flexibility index (Phi) is 18.5. The molecule has 0 aromatic carbocycles. The fraction of sp³-hybridized carbons (Fsp3) is 0.630. The van der Waals surface area contributed by atoms with Crippen molar-refractivity contribution in [3.8, 4) is 0 Å². The van der Waals surface area contributed by atoms with Gasteiger partial charge in [-0.15, -0.1) is 0 Å². The molecule has 1 aliphatic heterocycles. The van der Waals surface area contributed by atoms with Crippen LogP contribution in [-0.2, 0) is 52.5 Å². The molecule has 1 aliphatic rings. The zero-order valence-electron chi connectivity index (χ0n) is 24.1. The second-order valence-corrected chi connectivity index (χ2v) is 9.45. The van der Waals surface area contributed by atoms with Gasteiger partial charge < -0.3 is 38.6 Å². The molecular weight excluding hydrogens is 558 g/mol. The van der Waals surface area contributed by atoms with Gasteiger partial charge >= 0.3 is 5.97 Å². The molecule has 0 radical (unpaired) electrons. The van der Waals surface area contributed by atoms with Gasteiger partial charge in [-0.25, -0.2) is 0 Å². The van der Waals surface area contributed by atoms with E-state index < -0.39 is 29.1 Å². The van der Waals surface area contributed by atoms with Gasteiger partial charge in [-0.05, 0) is 6.08 Å². The van der Waals surface area contributed by atoms with Crippen LogP contribution in [-0.4, -0.2) is 156 Å². The number of carbonyl (C=O) groups excluding carboxylic acids is 5. The lowest BCUT2D eigenvalue weighted by Crippen LogP contribution is -2.54. The predicted molar refractivity (Wildman–Crippen MR) is 146 cm³/mol. The molecule has 1 N–H and O–H groups in total. The Labute approximate surface area is 244 Å². The van der Waals surface area contributed by atoms with E-state index in [1.807, 2.05) is 0 Å². The van der Waals surface area contributed by atoms with Crippen molar-refractivity contribution in [2.75, 3.05) is 99.8 Å². The Morgan fingerprint density at radius 3 is 1.81 bits per heavy atom. The molecule has 15 heteroatoms. The minimum absolute atomic E-state index is 0.00942. The number of rotatable bonds is 26. The number of ether oxygens (including phenoxy) is 5. The maximum atomic E-state index is 12.5. The number of hydrogen-bond donors (Lipinski definition) is 1. The zero-order valence-corrected chi connectivity index (χ0v) is 24.1. The van der Waals surface area contributed by atoms with E-state index in [-0.39, 0.29) is 52.5 Å². The van der Waals surface area contributed by atoms with E-state index in [4.69, 9.17) is 28.8 Å². The van der Waals surface area contributed by atoms with Crippen LogP contribution in [0.3, 0.4) is 0 Å². The Bertz CT molecular complexity index is 923. The summed E-state index contributed by atoms with van der Waals surface area (Å²) in [4.78, 5) is 73.3. The number of aliphatic carboxylic acids is 1. The summed E-state index contributed by atoms with van der Waals surface area (Å²) < 4.78 is 27.2. The van der Waals surface area contributed by atoms with Gasteiger partial charge in [-0.1, -0.05) is 0 Å². The highest BCUT2D eigenvalue weighted by Gasteiger charge is 2.40. The van der Waals surface area contributed by atoms with Crippen LogP contribution in [0.4, 0.5) is 0 Å². The normalized spacial score (nSPS) is 14.4. The molecule has 0 bridgehead atoms. The number of carbonyl (C=O) groups is 6. The lowest BCUT2D eigenvalue weighted by molar-refractivity contribution is -0.141. The van der Waals surface area contributed by atoms with Gasteiger partial charge in [0.15, 0.2) is 0 Å². The molecule has 0 saturated heterocycles. The molecule has 0 aliphatic carbocycles. The first kappa shape index (κ1) is 36.5. The van der Waals surface area contributed by atoms with Crippen molar-refractivity contribution in [1.29, 1.82) is 0 Å². The zero-order chi connectivity index (χ0) is 31.2. The van der Waals surface area contributed by atoms with Gasteiger partial charge in [0.25, 0.3) is 11.8 Å². The molecule has 15 nitrogen and oxygen atoms in total. The van der Waals surface area contributed by atoms with Gasteiger partial charge in [-0.3, -0.25) is 33.7 Å². The average molecular weight is 600 g/mol. The maximum Gasteiger partial charge on any atom is 0.305 e. The van der Waals surface area contributed by atoms with Crippen molar-refractivity contribution in [2.45, 2.75) is 6.42 Å². The minimum atomic E-state index is -1.04. The maximum absolute atomic E-state index is 12.5. The molecule has 1 heterocycles. The molecule has 0 aromatic rings. The number of allylic oxidation sites excluding steroid dienone is 1. The quantitative estimate of drug-likeness (QED) is 0.0542. The summed E-state index contributed by atoms with van der Waals surface area (Å²) in [6.45, 7) is 2.39. The number of carboxylic acid groups (broad SMARTS) is 1. The summed E-state index contributed by atoms with van der Waals surface area (Å²) >= 11 is 0. The molecule has 236 valence electrons. The summed E-state index contributed by atoms with van der Waals surface area (Å²) in [6, 6.07) is 0. The van der Waals surface area contributed by atoms with Crippen LogP contribution in [0.2, 0.25) is 0 Å². The third-order valence-corrected chi connectivity index (χ3v) is 5.78. The standard InChI is InChI=1S/C27H41N3O12/c1-28(22-32)18-27(19-29(2)23(33)4-3-8-31,20-30-24(34)5-6-25(30)35)21-42-17-16-41-15-14-40-13-12-39-11-10-38-9-7-26(36)37/h3-6,8,22H,7,9-21H2,1-2H3,(H,36,37)/b4-3-. The van der Waals surface area contributed by atoms with Crippen molar-refractivity contribution in [2.24, 2.45) is 5.41 Å². The molecule has 1 rings (SSSR count). The highest BCUT2D eigenvalue weighted by Crippen LogP contribution is 2.25. The van der Waals surface area contributed by atoms with E-state index in [0.29, 0.717) is 52.3 Å². The second-order valence-electron chi connectivity index (χ2n) is 9.45. The third kappa shape index (κ3) is 15.5. The lowest BCUT2D eigenvalue weighted by Gasteiger charge is -2.40. The van der Waals surface area contributed by atoms with E-state index in [0.717, 1.165) is 29.2 Å². The highest BCUT2D eigenvalue weighted by atomic mass is 16.6. The summed E-state index contributed by atoms with van der Waals surface area (Å²) in [7, 11) is 3.04. The fourth-order valence-corrected chi connectivity index (χ4v) is 3.93. The summed E-state index contributed by atoms with van der Waals surface area (Å²) in [5.74, 6) is -2.41. The molecular formula is C27H41N3O12. The SMILES string of the molecule is CN(C=O)CC(COCCOCCOCCOCCOCCC(=O)O)(CN(C)C(=O)/C=C\C=O)CN1C(=O)C=CC1=O. The number of aldehydes is 1. The second kappa shape index (κ2) is 21.2. The predicted octanol–water partition coefficient (Wildman–Crippen LogP) is -1.24. The number of likely N-dealkylation sites (N-methyl/N-ethyl adjacent to an activating group) is 1. The van der Waals surface area contributed by atoms with Crippen LogP contribution in [0.5, 0.6) is 0 Å². The fourth-order valence-electron chi connectivity index (χ4n) is 3.93. The van der Waals surface area contributed by atoms with Crippen molar-refractivity contribution >= 4 is 36.4 Å². The molecule has 0 fully saturated rings. The summed E-state index contributed by atoms with van der Waals surface area (Å²) in [6.07, 6.45) is 5.48. The van der Waals surface area contributed by atoms with Gasteiger partial charge in [0.2, 0.25) is 12.3 Å². The first-order valence-electron chi connectivity index (χ1n) is 13.3. The number of nitrogens with zero attached hydrogens (tertiary/aromatic N) is 3. The number of hydrogen-bond acceptors (Lipinski definition) is 11. The molecule has 4 amide bonds. The van der Waals surface area contributed by atoms with Gasteiger partial charge in [0.1, 0.15) is 6.29 Å². The van der Waals surface area contributed by atoms with E-state index in [9.17, 15) is 28.8 Å². The Hall–Kier alpha value is -3.50. The minimum Gasteiger partial charge on any atom is -0.481 e. The van der Waals surface area contributed by atoms with Crippen molar-refractivity contribution in [3.05, 3.63) is 24.3 Å². The molecule has 0 spiro atoms. The van der Waals surface area contributed by atoms with Crippen molar-refractivity contribution < 1.29 is 57.6 Å². The Morgan fingerprint density at radius 1 is 0.833 bits per heavy atom. The van der Waals surface area contributed by atoms with E-state index in [1.165, 1.54) is 23.9 Å². The average Bonchev–Trinajstić information content (AvgIpc) is 3.27. The lowest BCUT2D eigenvalue weighted by atomic mass is 9.86. The summed E-state index contributed by atoms with van der Waals surface area (Å²) in [5, 5.41) is 8.51. The molecule has 0 saturated carbocycles. The first-order chi connectivity index (χ1) is 20.1. The summed E-state index contributed by atoms with van der Waals surface area (Å²) in [5.41, 5.74) is -1.04. The number of amides is 4. The van der Waals surface area contributed by atoms with E-state index >= 15 is 0 Å². The molecule has 42 heavy (non-hydrogen) atoms. The Morgan fingerprint density at radius 2 is 1.33 bits per heavy atom. The topological polar surface area (TPSA) is 179 Å². The number of imide groups is 1. The van der Waals surface area contributed by atoms with Crippen LogP contribution in [0.1, 0.15) is 6.42 Å². The smallest absolute Gasteiger partial charge is 0.305 e. The van der Waals surface area contributed by atoms with E-state index in [1.54, 1.807) is 0 Å². The van der Waals surface area contributed by atoms with Crippen LogP contribution in [0, 0.1) is 5.41 Å². The van der Waals surface area contributed by atoms with Crippen molar-refractivity contribution in [1.82, 2.24) is 14.7 Å². The Balaban J connectivity index is 2.52. The van der Waals surface area contributed by atoms with Gasteiger partial charge in [-0.2, -0.15) is 0 Å². The van der Waals surface area contributed by atoms with Gasteiger partial charge in [0, 0.05) is 57.4 Å². The largest absolute Gasteiger partial charge is 0.481 e. The molecule has 1 unspecified atom stereocenters. The van der Waals surface area contributed by atoms with Crippen LogP contribution in [0.15, 0.2) is 24.3 Å². The van der Waals surface area contributed by atoms with Gasteiger partial charge in [0.05, 0.1) is 72.5 Å². The van der Waals surface area contributed by atoms with Crippen LogP contribution >= 0.6 is 0 Å².